The molecule has 0 aliphatic carbocycles. The third kappa shape index (κ3) is 4.54. The fourth-order valence-corrected chi connectivity index (χ4v) is 1.80. The summed E-state index contributed by atoms with van der Waals surface area (Å²) < 4.78 is 11.6. The van der Waals surface area contributed by atoms with Gasteiger partial charge in [0, 0.05) is 16.7 Å². The molecule has 2 aromatic rings. The highest BCUT2D eigenvalue weighted by atomic mass is 79.9. The van der Waals surface area contributed by atoms with E-state index in [4.69, 9.17) is 9.47 Å². The zero-order valence-corrected chi connectivity index (χ0v) is 11.8. The second-order valence-electron chi connectivity index (χ2n) is 3.86. The van der Waals surface area contributed by atoms with Crippen molar-refractivity contribution < 1.29 is 14.6 Å². The molecule has 0 amide bonds. The molecule has 4 nitrogen and oxygen atoms in total. The van der Waals surface area contributed by atoms with Gasteiger partial charge in [-0.1, -0.05) is 30.3 Å². The summed E-state index contributed by atoms with van der Waals surface area (Å²) in [6.45, 7) is 1.35. The minimum absolute atomic E-state index is 0.119. The Labute approximate surface area is 120 Å². The Morgan fingerprint density at radius 2 is 1.95 bits per heavy atom. The normalized spacial score (nSPS) is 10.4. The highest BCUT2D eigenvalue weighted by Crippen LogP contribution is 2.26. The molecule has 1 heterocycles. The standard InChI is InChI=1S/C14H14BrNO3/c15-12-8-13(14(17)16-9-12)19-7-6-18-10-11-4-2-1-3-5-11/h1-5,8-9H,6-7,10H2,(H,16,17). The van der Waals surface area contributed by atoms with Gasteiger partial charge in [0.2, 0.25) is 0 Å². The van der Waals surface area contributed by atoms with Crippen molar-refractivity contribution in [3.63, 3.8) is 0 Å². The predicted molar refractivity (Wildman–Crippen MR) is 75.2 cm³/mol. The highest BCUT2D eigenvalue weighted by molar-refractivity contribution is 9.10. The van der Waals surface area contributed by atoms with E-state index in [2.05, 4.69) is 20.9 Å². The van der Waals surface area contributed by atoms with E-state index < -0.39 is 0 Å². The Bertz CT molecular complexity index is 519. The number of benzene rings is 1. The van der Waals surface area contributed by atoms with E-state index in [0.29, 0.717) is 25.6 Å². The molecule has 0 radical (unpaired) electrons. The van der Waals surface area contributed by atoms with Crippen LogP contribution in [-0.4, -0.2) is 23.3 Å². The average molecular weight is 324 g/mol. The number of hydrogen-bond acceptors (Lipinski definition) is 4. The number of halogens is 1. The first-order chi connectivity index (χ1) is 9.25. The Kier molecular flexibility index (Phi) is 5.18. The fraction of sp³-hybridized carbons (Fsp3) is 0.214. The van der Waals surface area contributed by atoms with Crippen LogP contribution in [-0.2, 0) is 11.3 Å². The first-order valence-corrected chi connectivity index (χ1v) is 6.64. The molecule has 0 saturated heterocycles. The SMILES string of the molecule is Oc1ncc(Br)cc1OCCOCc1ccccc1. The minimum Gasteiger partial charge on any atom is -0.491 e. The topological polar surface area (TPSA) is 51.6 Å². The van der Waals surface area contributed by atoms with Crippen molar-refractivity contribution in [2.24, 2.45) is 0 Å². The lowest BCUT2D eigenvalue weighted by Gasteiger charge is -2.08. The van der Waals surface area contributed by atoms with Crippen LogP contribution in [0.1, 0.15) is 5.56 Å². The molecule has 0 atom stereocenters. The quantitative estimate of drug-likeness (QED) is 0.830. The molecule has 0 spiro atoms. The average Bonchev–Trinajstić information content (AvgIpc) is 2.43. The van der Waals surface area contributed by atoms with Crippen molar-refractivity contribution in [2.45, 2.75) is 6.61 Å². The van der Waals surface area contributed by atoms with Gasteiger partial charge in [-0.25, -0.2) is 4.98 Å². The molecule has 5 heteroatoms. The summed E-state index contributed by atoms with van der Waals surface area (Å²) >= 11 is 3.26. The van der Waals surface area contributed by atoms with Crippen LogP contribution in [0.2, 0.25) is 0 Å². The number of nitrogens with zero attached hydrogens (tertiary/aromatic N) is 1. The van der Waals surface area contributed by atoms with Gasteiger partial charge in [0.05, 0.1) is 13.2 Å². The zero-order chi connectivity index (χ0) is 13.5. The molecule has 100 valence electrons. The van der Waals surface area contributed by atoms with Crippen LogP contribution >= 0.6 is 15.9 Å². The molecule has 2 rings (SSSR count). The fourth-order valence-electron chi connectivity index (χ4n) is 1.49. The molecule has 0 fully saturated rings. The number of rotatable bonds is 6. The third-order valence-corrected chi connectivity index (χ3v) is 2.83. The summed E-state index contributed by atoms with van der Waals surface area (Å²) in [5.41, 5.74) is 1.12. The largest absolute Gasteiger partial charge is 0.491 e. The van der Waals surface area contributed by atoms with Gasteiger partial charge < -0.3 is 14.6 Å². The van der Waals surface area contributed by atoms with E-state index in [1.807, 2.05) is 30.3 Å². The number of aromatic hydroxyl groups is 1. The molecule has 1 aromatic carbocycles. The number of pyridine rings is 1. The van der Waals surface area contributed by atoms with E-state index in [9.17, 15) is 5.11 Å². The van der Waals surface area contributed by atoms with Crippen LogP contribution in [0.5, 0.6) is 11.6 Å². The molecule has 0 unspecified atom stereocenters. The maximum atomic E-state index is 9.47. The highest BCUT2D eigenvalue weighted by Gasteiger charge is 2.04. The maximum Gasteiger partial charge on any atom is 0.254 e. The van der Waals surface area contributed by atoms with E-state index in [0.717, 1.165) is 10.0 Å². The molecule has 0 aliphatic rings. The summed E-state index contributed by atoms with van der Waals surface area (Å²) in [5, 5.41) is 9.47. The molecular formula is C14H14BrNO3. The molecule has 0 saturated carbocycles. The van der Waals surface area contributed by atoms with Gasteiger partial charge in [0.1, 0.15) is 6.61 Å². The lowest BCUT2D eigenvalue weighted by molar-refractivity contribution is 0.0877. The van der Waals surface area contributed by atoms with Gasteiger partial charge in [-0.2, -0.15) is 0 Å². The van der Waals surface area contributed by atoms with Crippen molar-refractivity contribution in [1.29, 1.82) is 0 Å². The van der Waals surface area contributed by atoms with Gasteiger partial charge in [-0.15, -0.1) is 0 Å². The molecule has 0 bridgehead atoms. The van der Waals surface area contributed by atoms with E-state index in [1.165, 1.54) is 6.20 Å². The van der Waals surface area contributed by atoms with Crippen molar-refractivity contribution in [3.8, 4) is 11.6 Å². The Morgan fingerprint density at radius 3 is 2.74 bits per heavy atom. The summed E-state index contributed by atoms with van der Waals surface area (Å²) in [5.74, 6) is 0.226. The van der Waals surface area contributed by atoms with Gasteiger partial charge in [-0.3, -0.25) is 0 Å². The summed E-state index contributed by atoms with van der Waals surface area (Å²) in [6, 6.07) is 11.6. The second-order valence-corrected chi connectivity index (χ2v) is 4.78. The molecule has 19 heavy (non-hydrogen) atoms. The Balaban J connectivity index is 1.71. The first kappa shape index (κ1) is 13.8. The van der Waals surface area contributed by atoms with Crippen LogP contribution in [0, 0.1) is 0 Å². The van der Waals surface area contributed by atoms with Crippen molar-refractivity contribution >= 4 is 15.9 Å². The lowest BCUT2D eigenvalue weighted by Crippen LogP contribution is -2.07. The van der Waals surface area contributed by atoms with Gasteiger partial charge in [0.15, 0.2) is 5.75 Å². The molecule has 0 aliphatic heterocycles. The van der Waals surface area contributed by atoms with E-state index >= 15 is 0 Å². The summed E-state index contributed by atoms with van der Waals surface area (Å²) in [6.07, 6.45) is 1.51. The zero-order valence-electron chi connectivity index (χ0n) is 10.3. The second kappa shape index (κ2) is 7.11. The van der Waals surface area contributed by atoms with Crippen LogP contribution < -0.4 is 4.74 Å². The summed E-state index contributed by atoms with van der Waals surface area (Å²) in [7, 11) is 0. The first-order valence-electron chi connectivity index (χ1n) is 5.84. The lowest BCUT2D eigenvalue weighted by atomic mass is 10.2. The minimum atomic E-state index is -0.119. The number of hydrogen-bond donors (Lipinski definition) is 1. The summed E-state index contributed by atoms with van der Waals surface area (Å²) in [4.78, 5) is 3.77. The number of aromatic nitrogens is 1. The van der Waals surface area contributed by atoms with Crippen LogP contribution in [0.4, 0.5) is 0 Å². The Morgan fingerprint density at radius 1 is 1.16 bits per heavy atom. The smallest absolute Gasteiger partial charge is 0.254 e. The van der Waals surface area contributed by atoms with Crippen molar-refractivity contribution in [3.05, 3.63) is 52.6 Å². The third-order valence-electron chi connectivity index (χ3n) is 2.40. The van der Waals surface area contributed by atoms with Gasteiger partial charge in [-0.05, 0) is 21.5 Å². The molecule has 1 aromatic heterocycles. The number of ether oxygens (including phenoxy) is 2. The Hall–Kier alpha value is -1.59. The monoisotopic (exact) mass is 323 g/mol. The van der Waals surface area contributed by atoms with Crippen LogP contribution in [0.25, 0.3) is 0 Å². The van der Waals surface area contributed by atoms with Gasteiger partial charge >= 0.3 is 0 Å². The van der Waals surface area contributed by atoms with Crippen molar-refractivity contribution in [2.75, 3.05) is 13.2 Å². The predicted octanol–water partition coefficient (Wildman–Crippen LogP) is 3.15. The van der Waals surface area contributed by atoms with E-state index in [-0.39, 0.29) is 5.88 Å². The molecule has 1 N–H and O–H groups in total. The van der Waals surface area contributed by atoms with E-state index in [1.54, 1.807) is 6.07 Å². The van der Waals surface area contributed by atoms with Crippen LogP contribution in [0.3, 0.4) is 0 Å². The maximum absolute atomic E-state index is 9.47. The molecular weight excluding hydrogens is 310 g/mol. The van der Waals surface area contributed by atoms with Gasteiger partial charge in [0.25, 0.3) is 5.88 Å². The van der Waals surface area contributed by atoms with Crippen LogP contribution in [0.15, 0.2) is 47.1 Å². The van der Waals surface area contributed by atoms with Crippen molar-refractivity contribution in [1.82, 2.24) is 4.98 Å².